The van der Waals surface area contributed by atoms with Crippen molar-refractivity contribution in [3.63, 3.8) is 0 Å². The Hall–Kier alpha value is -2.65. The summed E-state index contributed by atoms with van der Waals surface area (Å²) in [4.78, 5) is 13.6. The first-order valence-electron chi connectivity index (χ1n) is 8.13. The minimum Gasteiger partial charge on any atom is -0.340 e. The molecule has 0 aliphatic heterocycles. The second kappa shape index (κ2) is 6.85. The van der Waals surface area contributed by atoms with Gasteiger partial charge in [0.25, 0.3) is 0 Å². The molecular formula is C21H22N2O. The molecule has 0 spiro atoms. The van der Waals surface area contributed by atoms with Gasteiger partial charge in [-0.25, -0.2) is 0 Å². The lowest BCUT2D eigenvalue weighted by Gasteiger charge is -2.19. The van der Waals surface area contributed by atoms with Crippen LogP contribution in [0.25, 0.3) is 21.9 Å². The molecule has 0 fully saturated rings. The summed E-state index contributed by atoms with van der Waals surface area (Å²) < 4.78 is 0. The molecule has 0 aromatic heterocycles. The number of benzene rings is 3. The lowest BCUT2D eigenvalue weighted by molar-refractivity contribution is -0.131. The van der Waals surface area contributed by atoms with Crippen LogP contribution in [0.5, 0.6) is 0 Å². The van der Waals surface area contributed by atoms with Crippen molar-refractivity contribution in [2.45, 2.75) is 19.5 Å². The molecule has 122 valence electrons. The zero-order valence-corrected chi connectivity index (χ0v) is 14.1. The molecule has 0 saturated carbocycles. The summed E-state index contributed by atoms with van der Waals surface area (Å²) in [7, 11) is 1.79. The van der Waals surface area contributed by atoms with Crippen molar-refractivity contribution in [3.8, 4) is 11.1 Å². The van der Waals surface area contributed by atoms with Gasteiger partial charge in [-0.2, -0.15) is 0 Å². The third kappa shape index (κ3) is 3.47. The number of carbonyl (C=O) groups excluding carboxylic acids is 1. The van der Waals surface area contributed by atoms with Gasteiger partial charge in [-0.05, 0) is 46.5 Å². The van der Waals surface area contributed by atoms with Gasteiger partial charge in [-0.3, -0.25) is 4.79 Å². The van der Waals surface area contributed by atoms with E-state index in [1.165, 1.54) is 16.3 Å². The lowest BCUT2D eigenvalue weighted by Crippen LogP contribution is -2.39. The van der Waals surface area contributed by atoms with Crippen LogP contribution in [-0.4, -0.2) is 23.9 Å². The molecular weight excluding hydrogens is 296 g/mol. The van der Waals surface area contributed by atoms with Gasteiger partial charge in [-0.1, -0.05) is 54.6 Å². The Bertz CT molecular complexity index is 870. The Morgan fingerprint density at radius 2 is 1.67 bits per heavy atom. The molecule has 0 heterocycles. The zero-order valence-electron chi connectivity index (χ0n) is 14.1. The number of rotatable bonds is 4. The standard InChI is InChI=1S/C21H22N2O/c1-15(22)21(24)23(2)14-16-6-5-9-18(12-16)20-11-10-17-7-3-4-8-19(17)13-20/h3-13,15H,14,22H2,1-2H3. The van der Waals surface area contributed by atoms with Crippen molar-refractivity contribution < 1.29 is 4.79 Å². The SMILES string of the molecule is CC(N)C(=O)N(C)Cc1cccc(-c2ccc3ccccc3c2)c1. The third-order valence-corrected chi connectivity index (χ3v) is 4.20. The van der Waals surface area contributed by atoms with Gasteiger partial charge in [-0.15, -0.1) is 0 Å². The highest BCUT2D eigenvalue weighted by Crippen LogP contribution is 2.25. The zero-order chi connectivity index (χ0) is 17.1. The Morgan fingerprint density at radius 3 is 2.42 bits per heavy atom. The number of fused-ring (bicyclic) bond motifs is 1. The molecule has 0 saturated heterocycles. The largest absolute Gasteiger partial charge is 0.340 e. The molecule has 1 atom stereocenters. The summed E-state index contributed by atoms with van der Waals surface area (Å²) in [5.41, 5.74) is 9.10. The van der Waals surface area contributed by atoms with Crippen molar-refractivity contribution in [1.82, 2.24) is 4.90 Å². The summed E-state index contributed by atoms with van der Waals surface area (Å²) in [5.74, 6) is -0.0499. The average molecular weight is 318 g/mol. The van der Waals surface area contributed by atoms with E-state index in [0.29, 0.717) is 6.54 Å². The summed E-state index contributed by atoms with van der Waals surface area (Å²) >= 11 is 0. The van der Waals surface area contributed by atoms with Crippen LogP contribution in [0.1, 0.15) is 12.5 Å². The van der Waals surface area contributed by atoms with Crippen LogP contribution in [0.3, 0.4) is 0 Å². The Labute approximate surface area is 142 Å². The van der Waals surface area contributed by atoms with Crippen LogP contribution in [0.2, 0.25) is 0 Å². The minimum absolute atomic E-state index is 0.0499. The van der Waals surface area contributed by atoms with E-state index in [1.807, 2.05) is 18.2 Å². The van der Waals surface area contributed by atoms with Gasteiger partial charge in [0.05, 0.1) is 6.04 Å². The van der Waals surface area contributed by atoms with E-state index in [9.17, 15) is 4.79 Å². The molecule has 0 aliphatic carbocycles. The first-order valence-corrected chi connectivity index (χ1v) is 8.13. The topological polar surface area (TPSA) is 46.3 Å². The van der Waals surface area contributed by atoms with Crippen LogP contribution in [0, 0.1) is 0 Å². The maximum atomic E-state index is 11.9. The van der Waals surface area contributed by atoms with Crippen molar-refractivity contribution in [2.24, 2.45) is 5.73 Å². The van der Waals surface area contributed by atoms with E-state index >= 15 is 0 Å². The Balaban J connectivity index is 1.87. The van der Waals surface area contributed by atoms with Gasteiger partial charge in [0.2, 0.25) is 5.91 Å². The van der Waals surface area contributed by atoms with Gasteiger partial charge in [0.1, 0.15) is 0 Å². The molecule has 3 heteroatoms. The molecule has 0 radical (unpaired) electrons. The van der Waals surface area contributed by atoms with Crippen LogP contribution in [0.15, 0.2) is 66.7 Å². The molecule has 0 aliphatic rings. The molecule has 3 aromatic rings. The molecule has 24 heavy (non-hydrogen) atoms. The molecule has 3 aromatic carbocycles. The van der Waals surface area contributed by atoms with Crippen LogP contribution in [-0.2, 0) is 11.3 Å². The number of hydrogen-bond acceptors (Lipinski definition) is 2. The molecule has 1 unspecified atom stereocenters. The second-order valence-electron chi connectivity index (χ2n) is 6.25. The highest BCUT2D eigenvalue weighted by atomic mass is 16.2. The maximum absolute atomic E-state index is 11.9. The molecule has 3 nitrogen and oxygen atoms in total. The smallest absolute Gasteiger partial charge is 0.239 e. The van der Waals surface area contributed by atoms with Gasteiger partial charge >= 0.3 is 0 Å². The fourth-order valence-corrected chi connectivity index (χ4v) is 2.92. The highest BCUT2D eigenvalue weighted by molar-refractivity contribution is 5.87. The number of amides is 1. The van der Waals surface area contributed by atoms with E-state index in [1.54, 1.807) is 18.9 Å². The van der Waals surface area contributed by atoms with E-state index in [2.05, 4.69) is 48.5 Å². The van der Waals surface area contributed by atoms with Crippen LogP contribution >= 0.6 is 0 Å². The number of nitrogens with zero attached hydrogens (tertiary/aromatic N) is 1. The lowest BCUT2D eigenvalue weighted by atomic mass is 9.99. The molecule has 3 rings (SSSR count). The quantitative estimate of drug-likeness (QED) is 0.795. The first kappa shape index (κ1) is 16.2. The van der Waals surface area contributed by atoms with Gasteiger partial charge in [0, 0.05) is 13.6 Å². The second-order valence-corrected chi connectivity index (χ2v) is 6.25. The minimum atomic E-state index is -0.473. The van der Waals surface area contributed by atoms with Crippen molar-refractivity contribution in [1.29, 1.82) is 0 Å². The monoisotopic (exact) mass is 318 g/mol. The van der Waals surface area contributed by atoms with Crippen molar-refractivity contribution in [2.75, 3.05) is 7.05 Å². The van der Waals surface area contributed by atoms with Crippen molar-refractivity contribution >= 4 is 16.7 Å². The summed E-state index contributed by atoms with van der Waals surface area (Å²) in [6.45, 7) is 2.27. The summed E-state index contributed by atoms with van der Waals surface area (Å²) in [5, 5.41) is 2.46. The maximum Gasteiger partial charge on any atom is 0.239 e. The highest BCUT2D eigenvalue weighted by Gasteiger charge is 2.13. The molecule has 2 N–H and O–H groups in total. The number of likely N-dealkylation sites (N-methyl/N-ethyl adjacent to an activating group) is 1. The van der Waals surface area contributed by atoms with Crippen LogP contribution < -0.4 is 5.73 Å². The van der Waals surface area contributed by atoms with E-state index in [-0.39, 0.29) is 5.91 Å². The van der Waals surface area contributed by atoms with Gasteiger partial charge in [0.15, 0.2) is 0 Å². The Kier molecular flexibility index (Phi) is 4.63. The normalized spacial score (nSPS) is 12.1. The van der Waals surface area contributed by atoms with E-state index < -0.39 is 6.04 Å². The van der Waals surface area contributed by atoms with Crippen LogP contribution in [0.4, 0.5) is 0 Å². The molecule has 1 amide bonds. The number of hydrogen-bond donors (Lipinski definition) is 1. The average Bonchev–Trinajstić information content (AvgIpc) is 2.60. The number of carbonyl (C=O) groups is 1. The fourth-order valence-electron chi connectivity index (χ4n) is 2.92. The Morgan fingerprint density at radius 1 is 0.958 bits per heavy atom. The van der Waals surface area contributed by atoms with Crippen molar-refractivity contribution in [3.05, 3.63) is 72.3 Å². The first-order chi connectivity index (χ1) is 11.5. The summed E-state index contributed by atoms with van der Waals surface area (Å²) in [6, 6.07) is 22.6. The van der Waals surface area contributed by atoms with Gasteiger partial charge < -0.3 is 10.6 Å². The molecule has 0 bridgehead atoms. The summed E-state index contributed by atoms with van der Waals surface area (Å²) in [6.07, 6.45) is 0. The predicted octanol–water partition coefficient (Wildman–Crippen LogP) is 3.81. The third-order valence-electron chi connectivity index (χ3n) is 4.20. The predicted molar refractivity (Wildman–Crippen MR) is 99.5 cm³/mol. The van der Waals surface area contributed by atoms with E-state index in [0.717, 1.165) is 11.1 Å². The van der Waals surface area contributed by atoms with E-state index in [4.69, 9.17) is 5.73 Å². The fraction of sp³-hybridized carbons (Fsp3) is 0.190. The number of nitrogens with two attached hydrogens (primary N) is 1.